The molecule has 0 spiro atoms. The molecule has 2 aliphatic rings. The van der Waals surface area contributed by atoms with Crippen molar-refractivity contribution in [3.05, 3.63) is 164 Å². The third-order valence-corrected chi connectivity index (χ3v) is 10.7. The zero-order chi connectivity index (χ0) is 38.6. The lowest BCUT2D eigenvalue weighted by molar-refractivity contribution is -0.138. The first-order valence-corrected chi connectivity index (χ1v) is 17.9. The van der Waals surface area contributed by atoms with Gasteiger partial charge in [-0.05, 0) is 108 Å². The van der Waals surface area contributed by atoms with Gasteiger partial charge in [0.25, 0.3) is 0 Å². The minimum absolute atomic E-state index is 0.0201. The van der Waals surface area contributed by atoms with Crippen LogP contribution in [0.2, 0.25) is 0 Å². The Balaban J connectivity index is 1.22. The fraction of sp³-hybridized carbons (Fsp3) is 0.200. The molecule has 6 rings (SSSR count). The van der Waals surface area contributed by atoms with Crippen molar-refractivity contribution in [1.29, 1.82) is 0 Å². The average molecular weight is 763 g/mol. The Morgan fingerprint density at radius 3 is 1.23 bits per heavy atom. The lowest BCUT2D eigenvalue weighted by Crippen LogP contribution is -2.12. The molecule has 0 bridgehead atoms. The second kappa shape index (κ2) is 13.8. The lowest BCUT2D eigenvalue weighted by Gasteiger charge is -2.16. The molecule has 0 N–H and O–H groups in total. The Morgan fingerprint density at radius 2 is 0.868 bits per heavy atom. The lowest BCUT2D eigenvalue weighted by atomic mass is 9.92. The van der Waals surface area contributed by atoms with E-state index in [9.17, 15) is 34.8 Å². The molecule has 276 valence electrons. The Labute approximate surface area is 298 Å². The van der Waals surface area contributed by atoms with E-state index in [1.54, 1.807) is 12.2 Å². The van der Waals surface area contributed by atoms with Gasteiger partial charge in [-0.1, -0.05) is 48.6 Å². The van der Waals surface area contributed by atoms with Gasteiger partial charge in [0.2, 0.25) is 0 Å². The van der Waals surface area contributed by atoms with Gasteiger partial charge in [-0.3, -0.25) is 0 Å². The number of hydrogen-bond acceptors (Lipinski definition) is 2. The first-order chi connectivity index (χ1) is 24.7. The Kier molecular flexibility index (Phi) is 9.86. The first-order valence-electron chi connectivity index (χ1n) is 16.1. The topological polar surface area (TPSA) is 34.1 Å². The molecule has 0 atom stereocenters. The van der Waals surface area contributed by atoms with E-state index in [-0.39, 0.29) is 68.5 Å². The summed E-state index contributed by atoms with van der Waals surface area (Å²) < 4.78 is 169. The van der Waals surface area contributed by atoms with Gasteiger partial charge in [0, 0.05) is 22.3 Å². The summed E-state index contributed by atoms with van der Waals surface area (Å²) in [5.41, 5.74) is -2.69. The summed E-state index contributed by atoms with van der Waals surface area (Å²) in [4.78, 5) is 0. The molecule has 0 saturated heterocycles. The summed E-state index contributed by atoms with van der Waals surface area (Å²) >= 11 is 0. The van der Waals surface area contributed by atoms with Crippen LogP contribution >= 0.6 is 0 Å². The van der Waals surface area contributed by atoms with E-state index in [1.165, 1.54) is 50.3 Å². The normalized spacial score (nSPS) is 15.0. The standard InChI is InChI=1S/C40H28F10O2S/c1-21-9-11-23(13-33(21)39(45,46)47)27-5-3-7-29(27)31-17-35(41)25(15-37(31)43)19-53(51,52)20-26-16-38(44)32(18-36(26)42)30-8-4-6-28(30)24-12-10-22(2)34(14-24)40(48,49)50/h5-18H,3-4,19-20H2,1-2H3. The Hall–Kier alpha value is -4.91. The van der Waals surface area contributed by atoms with E-state index in [0.717, 1.165) is 24.3 Å². The van der Waals surface area contributed by atoms with Crippen LogP contribution in [0.15, 0.2) is 85.0 Å². The molecule has 53 heavy (non-hydrogen) atoms. The Bertz CT molecular complexity index is 2230. The summed E-state index contributed by atoms with van der Waals surface area (Å²) in [6.07, 6.45) is -2.74. The number of aryl methyl sites for hydroxylation is 2. The van der Waals surface area contributed by atoms with Crippen LogP contribution in [-0.4, -0.2) is 8.42 Å². The minimum Gasteiger partial charge on any atom is -0.228 e. The molecule has 0 aliphatic heterocycles. The van der Waals surface area contributed by atoms with Crippen molar-refractivity contribution in [2.24, 2.45) is 0 Å². The highest BCUT2D eigenvalue weighted by molar-refractivity contribution is 7.89. The summed E-state index contributed by atoms with van der Waals surface area (Å²) in [6.45, 7) is 2.59. The summed E-state index contributed by atoms with van der Waals surface area (Å²) in [6, 6.07) is 10.00. The van der Waals surface area contributed by atoms with Gasteiger partial charge >= 0.3 is 12.4 Å². The van der Waals surface area contributed by atoms with E-state index in [1.807, 2.05) is 0 Å². The van der Waals surface area contributed by atoms with E-state index in [4.69, 9.17) is 0 Å². The summed E-state index contributed by atoms with van der Waals surface area (Å²) in [5.74, 6) is -6.58. The van der Waals surface area contributed by atoms with Crippen molar-refractivity contribution in [3.8, 4) is 0 Å². The SMILES string of the molecule is Cc1ccc(C2=CCC=C2c2cc(F)c(CS(=O)(=O)Cc3cc(F)c(C4=CCC=C4c4ccc(C)c(C(F)(F)F)c4)cc3F)cc2F)cc1C(F)(F)F. The van der Waals surface area contributed by atoms with Crippen LogP contribution in [0.1, 0.15) is 68.5 Å². The number of sulfone groups is 1. The second-order valence-electron chi connectivity index (χ2n) is 12.9. The molecule has 4 aromatic rings. The van der Waals surface area contributed by atoms with Gasteiger partial charge in [-0.2, -0.15) is 26.3 Å². The van der Waals surface area contributed by atoms with Crippen molar-refractivity contribution in [1.82, 2.24) is 0 Å². The van der Waals surface area contributed by atoms with Crippen LogP contribution in [0.5, 0.6) is 0 Å². The van der Waals surface area contributed by atoms with Crippen molar-refractivity contribution < 1.29 is 52.3 Å². The van der Waals surface area contributed by atoms with Crippen LogP contribution in [-0.2, 0) is 33.7 Å². The monoisotopic (exact) mass is 762 g/mol. The molecule has 2 aliphatic carbocycles. The third-order valence-electron chi connectivity index (χ3n) is 9.18. The maximum atomic E-state index is 15.5. The predicted octanol–water partition coefficient (Wildman–Crippen LogP) is 11.8. The summed E-state index contributed by atoms with van der Waals surface area (Å²) in [7, 11) is -4.46. The maximum Gasteiger partial charge on any atom is 0.416 e. The van der Waals surface area contributed by atoms with Crippen LogP contribution in [0.3, 0.4) is 0 Å². The predicted molar refractivity (Wildman–Crippen MR) is 183 cm³/mol. The van der Waals surface area contributed by atoms with Crippen molar-refractivity contribution in [3.63, 3.8) is 0 Å². The molecule has 0 unspecified atom stereocenters. The van der Waals surface area contributed by atoms with Gasteiger partial charge in [-0.15, -0.1) is 0 Å². The molecule has 0 amide bonds. The number of benzene rings is 4. The second-order valence-corrected chi connectivity index (χ2v) is 14.9. The average Bonchev–Trinajstić information content (AvgIpc) is 3.74. The van der Waals surface area contributed by atoms with Crippen LogP contribution < -0.4 is 0 Å². The van der Waals surface area contributed by atoms with Crippen LogP contribution in [0.4, 0.5) is 43.9 Å². The third kappa shape index (κ3) is 7.76. The highest BCUT2D eigenvalue weighted by atomic mass is 32.2. The fourth-order valence-electron chi connectivity index (χ4n) is 6.61. The van der Waals surface area contributed by atoms with Gasteiger partial charge in [0.15, 0.2) is 9.84 Å². The highest BCUT2D eigenvalue weighted by Crippen LogP contribution is 2.43. The molecule has 0 radical (unpaired) electrons. The van der Waals surface area contributed by atoms with E-state index in [0.29, 0.717) is 12.1 Å². The number of hydrogen-bond donors (Lipinski definition) is 0. The maximum absolute atomic E-state index is 15.5. The van der Waals surface area contributed by atoms with Gasteiger partial charge in [-0.25, -0.2) is 26.0 Å². The van der Waals surface area contributed by atoms with Gasteiger partial charge in [0.05, 0.1) is 22.6 Å². The number of halogens is 10. The molecule has 2 nitrogen and oxygen atoms in total. The van der Waals surface area contributed by atoms with Gasteiger partial charge in [0.1, 0.15) is 23.3 Å². The zero-order valence-electron chi connectivity index (χ0n) is 27.9. The van der Waals surface area contributed by atoms with Crippen molar-refractivity contribution in [2.75, 3.05) is 0 Å². The number of allylic oxidation sites excluding steroid dienone is 8. The van der Waals surface area contributed by atoms with E-state index in [2.05, 4.69) is 0 Å². The molecule has 0 heterocycles. The quantitative estimate of drug-likeness (QED) is 0.168. The molecular weight excluding hydrogens is 734 g/mol. The minimum atomic E-state index is -4.65. The smallest absolute Gasteiger partial charge is 0.228 e. The van der Waals surface area contributed by atoms with Crippen molar-refractivity contribution >= 4 is 32.1 Å². The van der Waals surface area contributed by atoms with E-state index < -0.39 is 79.2 Å². The number of alkyl halides is 6. The van der Waals surface area contributed by atoms with Gasteiger partial charge < -0.3 is 0 Å². The highest BCUT2D eigenvalue weighted by Gasteiger charge is 2.34. The molecule has 0 fully saturated rings. The van der Waals surface area contributed by atoms with Crippen LogP contribution in [0.25, 0.3) is 22.3 Å². The molecular formula is C40H28F10O2S. The Morgan fingerprint density at radius 1 is 0.509 bits per heavy atom. The molecule has 13 heteroatoms. The van der Waals surface area contributed by atoms with Crippen molar-refractivity contribution in [2.45, 2.75) is 50.5 Å². The molecule has 0 aromatic heterocycles. The zero-order valence-corrected chi connectivity index (χ0v) is 28.7. The largest absolute Gasteiger partial charge is 0.416 e. The summed E-state index contributed by atoms with van der Waals surface area (Å²) in [5, 5.41) is 0. The molecule has 0 saturated carbocycles. The fourth-order valence-corrected chi connectivity index (χ4v) is 8.10. The van der Waals surface area contributed by atoms with E-state index >= 15 is 17.6 Å². The number of rotatable bonds is 8. The molecule has 4 aromatic carbocycles. The first kappa shape index (κ1) is 37.8. The van der Waals surface area contributed by atoms with Crippen LogP contribution in [0, 0.1) is 37.1 Å².